The number of benzene rings is 2. The van der Waals surface area contributed by atoms with Gasteiger partial charge in [0, 0.05) is 19.2 Å². The molecule has 3 N–H and O–H groups in total. The molecule has 0 saturated carbocycles. The summed E-state index contributed by atoms with van der Waals surface area (Å²) in [5.41, 5.74) is 4.50. The van der Waals surface area contributed by atoms with Crippen molar-refractivity contribution in [3.8, 4) is 33.9 Å². The third-order valence-electron chi connectivity index (χ3n) is 7.20. The monoisotopic (exact) mass is 534 g/mol. The number of likely N-dealkylation sites (N-methyl/N-ethyl adjacent to an activating group) is 1. The van der Waals surface area contributed by atoms with Crippen LogP contribution in [-0.2, 0) is 11.2 Å². The normalized spacial score (nSPS) is 15.1. The molecule has 2 amide bonds. The van der Waals surface area contributed by atoms with Gasteiger partial charge in [-0.05, 0) is 68.1 Å². The van der Waals surface area contributed by atoms with Crippen LogP contribution in [0.4, 0.5) is 0 Å². The Labute approximate surface area is 229 Å². The van der Waals surface area contributed by atoms with Gasteiger partial charge >= 0.3 is 0 Å². The Morgan fingerprint density at radius 3 is 2.54 bits per heavy atom. The minimum atomic E-state index is -0.380. The van der Waals surface area contributed by atoms with Gasteiger partial charge in [-0.15, -0.1) is 0 Å². The number of nitrogens with zero attached hydrogens (tertiary/aromatic N) is 3. The van der Waals surface area contributed by atoms with E-state index in [0.29, 0.717) is 42.7 Å². The van der Waals surface area contributed by atoms with Crippen LogP contribution in [0.1, 0.15) is 73.3 Å². The summed E-state index contributed by atoms with van der Waals surface area (Å²) in [6, 6.07) is 8.91. The van der Waals surface area contributed by atoms with Gasteiger partial charge in [-0.3, -0.25) is 9.59 Å². The Morgan fingerprint density at radius 1 is 1.15 bits per heavy atom. The van der Waals surface area contributed by atoms with Gasteiger partial charge in [0.05, 0.1) is 23.7 Å². The summed E-state index contributed by atoms with van der Waals surface area (Å²) in [5.74, 6) is -0.216. The number of aromatic nitrogens is 1. The zero-order valence-electron chi connectivity index (χ0n) is 23.5. The summed E-state index contributed by atoms with van der Waals surface area (Å²) in [6.07, 6.45) is 1.46. The number of aromatic hydroxyl groups is 2. The van der Waals surface area contributed by atoms with Crippen LogP contribution in [0.15, 0.2) is 34.9 Å². The van der Waals surface area contributed by atoms with Gasteiger partial charge in [-0.1, -0.05) is 44.1 Å². The molecule has 1 aliphatic rings. The number of phenolic OH excluding ortho intramolecular Hbond substituents is 2. The Kier molecular flexibility index (Phi) is 8.30. The van der Waals surface area contributed by atoms with Crippen LogP contribution >= 0.6 is 0 Å². The molecule has 208 valence electrons. The fourth-order valence-corrected chi connectivity index (χ4v) is 5.35. The lowest BCUT2D eigenvalue weighted by molar-refractivity contribution is -0.134. The quantitative estimate of drug-likeness (QED) is 0.384. The van der Waals surface area contributed by atoms with Gasteiger partial charge in [-0.25, -0.2) is 0 Å². The van der Waals surface area contributed by atoms with Crippen molar-refractivity contribution in [1.82, 2.24) is 20.3 Å². The molecule has 9 heteroatoms. The van der Waals surface area contributed by atoms with Gasteiger partial charge in [0.25, 0.3) is 5.91 Å². The molecule has 2 aromatic carbocycles. The Hall–Kier alpha value is -3.85. The molecule has 0 fully saturated rings. The molecule has 0 saturated heterocycles. The van der Waals surface area contributed by atoms with E-state index in [9.17, 15) is 19.8 Å². The van der Waals surface area contributed by atoms with Crippen LogP contribution in [-0.4, -0.2) is 70.7 Å². The van der Waals surface area contributed by atoms with Crippen LogP contribution in [0.2, 0.25) is 0 Å². The first-order valence-electron chi connectivity index (χ1n) is 13.5. The van der Waals surface area contributed by atoms with E-state index in [1.165, 1.54) is 6.07 Å². The number of rotatable bonds is 8. The number of nitrogens with one attached hydrogen (secondary N) is 1. The molecule has 0 spiro atoms. The molecule has 2 heterocycles. The van der Waals surface area contributed by atoms with Gasteiger partial charge < -0.3 is 29.9 Å². The highest BCUT2D eigenvalue weighted by Crippen LogP contribution is 2.44. The number of carbonyl (C=O) groups excluding carboxylic acids is 2. The van der Waals surface area contributed by atoms with Gasteiger partial charge in [0.1, 0.15) is 11.5 Å². The predicted octanol–water partition coefficient (Wildman–Crippen LogP) is 4.69. The second-order valence-corrected chi connectivity index (χ2v) is 10.6. The molecular weight excluding hydrogens is 496 g/mol. The summed E-state index contributed by atoms with van der Waals surface area (Å²) in [6.45, 7) is 9.17. The molecule has 4 rings (SSSR count). The average Bonchev–Trinajstić information content (AvgIpc) is 3.32. The van der Waals surface area contributed by atoms with E-state index in [0.717, 1.165) is 23.1 Å². The second kappa shape index (κ2) is 11.5. The van der Waals surface area contributed by atoms with E-state index in [2.05, 4.69) is 17.4 Å². The van der Waals surface area contributed by atoms with E-state index in [4.69, 9.17) is 4.52 Å². The van der Waals surface area contributed by atoms with Crippen molar-refractivity contribution in [3.05, 3.63) is 52.7 Å². The minimum Gasteiger partial charge on any atom is -0.508 e. The first-order valence-corrected chi connectivity index (χ1v) is 13.5. The standard InChI is InChI=1S/C30H38N4O5/c1-7-23-20-10-9-19(13-18(20)11-12-34(23)26(37)16-33(5)6)27-28(30(38)31-8-2)32-39-29(27)22-14-21(17(3)4)24(35)15-25(22)36/h9-10,13-15,17,23,35-36H,7-8,11-12,16H2,1-6H3,(H,31,38). The molecular formula is C30H38N4O5. The maximum absolute atomic E-state index is 13.0. The van der Waals surface area contributed by atoms with E-state index < -0.39 is 0 Å². The number of hydrogen-bond donors (Lipinski definition) is 3. The van der Waals surface area contributed by atoms with Crippen molar-refractivity contribution in [2.45, 2.75) is 52.5 Å². The summed E-state index contributed by atoms with van der Waals surface area (Å²) < 4.78 is 5.72. The zero-order chi connectivity index (χ0) is 28.4. The molecule has 0 bridgehead atoms. The Bertz CT molecular complexity index is 1380. The zero-order valence-corrected chi connectivity index (χ0v) is 23.5. The van der Waals surface area contributed by atoms with Crippen LogP contribution < -0.4 is 5.32 Å². The van der Waals surface area contributed by atoms with E-state index in [1.807, 2.05) is 62.9 Å². The van der Waals surface area contributed by atoms with Crippen LogP contribution in [0.3, 0.4) is 0 Å². The maximum atomic E-state index is 13.0. The highest BCUT2D eigenvalue weighted by Gasteiger charge is 2.32. The van der Waals surface area contributed by atoms with Crippen molar-refractivity contribution >= 4 is 11.8 Å². The maximum Gasteiger partial charge on any atom is 0.274 e. The Balaban J connectivity index is 1.84. The van der Waals surface area contributed by atoms with E-state index >= 15 is 0 Å². The lowest BCUT2D eigenvalue weighted by atomic mass is 9.87. The minimum absolute atomic E-state index is 0.00791. The third kappa shape index (κ3) is 5.49. The topological polar surface area (TPSA) is 119 Å². The van der Waals surface area contributed by atoms with Crippen LogP contribution in [0.5, 0.6) is 11.5 Å². The fourth-order valence-electron chi connectivity index (χ4n) is 5.35. The Morgan fingerprint density at radius 2 is 1.90 bits per heavy atom. The smallest absolute Gasteiger partial charge is 0.274 e. The number of amides is 2. The van der Waals surface area contributed by atoms with E-state index in [-0.39, 0.29) is 46.7 Å². The van der Waals surface area contributed by atoms with Crippen molar-refractivity contribution < 1.29 is 24.3 Å². The first-order chi connectivity index (χ1) is 18.6. The highest BCUT2D eigenvalue weighted by atomic mass is 16.5. The number of fused-ring (bicyclic) bond motifs is 1. The third-order valence-corrected chi connectivity index (χ3v) is 7.20. The number of phenols is 2. The van der Waals surface area contributed by atoms with Gasteiger partial charge in [0.2, 0.25) is 5.91 Å². The van der Waals surface area contributed by atoms with Gasteiger partial charge in [0.15, 0.2) is 11.5 Å². The lowest BCUT2D eigenvalue weighted by Gasteiger charge is -2.38. The van der Waals surface area contributed by atoms with Crippen molar-refractivity contribution in [2.75, 3.05) is 33.7 Å². The van der Waals surface area contributed by atoms with Crippen LogP contribution in [0.25, 0.3) is 22.5 Å². The van der Waals surface area contributed by atoms with Crippen LogP contribution in [0, 0.1) is 0 Å². The molecule has 1 unspecified atom stereocenters. The molecule has 1 aliphatic heterocycles. The molecule has 0 aliphatic carbocycles. The first kappa shape index (κ1) is 28.2. The summed E-state index contributed by atoms with van der Waals surface area (Å²) in [4.78, 5) is 29.8. The van der Waals surface area contributed by atoms with Crippen molar-refractivity contribution in [3.63, 3.8) is 0 Å². The molecule has 3 aromatic rings. The summed E-state index contributed by atoms with van der Waals surface area (Å²) >= 11 is 0. The van der Waals surface area contributed by atoms with Crippen molar-refractivity contribution in [2.24, 2.45) is 0 Å². The fraction of sp³-hybridized carbons (Fsp3) is 0.433. The summed E-state index contributed by atoms with van der Waals surface area (Å²) in [7, 11) is 3.78. The largest absolute Gasteiger partial charge is 0.508 e. The SMILES string of the molecule is CCNC(=O)c1noc(-c2cc(C(C)C)c(O)cc2O)c1-c1ccc2c(c1)CCN(C(=O)CN(C)C)C2CC. The van der Waals surface area contributed by atoms with Crippen molar-refractivity contribution in [1.29, 1.82) is 0 Å². The average molecular weight is 535 g/mol. The lowest BCUT2D eigenvalue weighted by Crippen LogP contribution is -2.43. The van der Waals surface area contributed by atoms with E-state index in [1.54, 1.807) is 6.07 Å². The highest BCUT2D eigenvalue weighted by molar-refractivity contribution is 6.02. The molecule has 9 nitrogen and oxygen atoms in total. The molecule has 39 heavy (non-hydrogen) atoms. The second-order valence-electron chi connectivity index (χ2n) is 10.6. The molecule has 1 atom stereocenters. The van der Waals surface area contributed by atoms with Gasteiger partial charge in [-0.2, -0.15) is 0 Å². The summed E-state index contributed by atoms with van der Waals surface area (Å²) in [5, 5.41) is 28.1. The number of carbonyl (C=O) groups is 2. The number of hydrogen-bond acceptors (Lipinski definition) is 7. The molecule has 0 radical (unpaired) electrons. The molecule has 1 aromatic heterocycles. The predicted molar refractivity (Wildman–Crippen MR) is 150 cm³/mol.